The van der Waals surface area contributed by atoms with Crippen LogP contribution in [0, 0.1) is 0 Å². The number of aliphatic carboxylic acids is 1. The molecule has 25 heavy (non-hydrogen) atoms. The van der Waals surface area contributed by atoms with Gasteiger partial charge in [-0.2, -0.15) is 0 Å². The minimum absolute atomic E-state index is 0.0574. The van der Waals surface area contributed by atoms with E-state index in [-0.39, 0.29) is 17.2 Å². The van der Waals surface area contributed by atoms with Crippen molar-refractivity contribution < 1.29 is 33.7 Å². The van der Waals surface area contributed by atoms with Crippen LogP contribution in [0.2, 0.25) is 10.0 Å². The molecule has 8 nitrogen and oxygen atoms in total. The molecule has 0 bridgehead atoms. The number of hydrogen-bond donors (Lipinski definition) is 2. The first-order valence-electron chi connectivity index (χ1n) is 7.21. The van der Waals surface area contributed by atoms with Crippen molar-refractivity contribution in [2.24, 2.45) is 0 Å². The highest BCUT2D eigenvalue weighted by atomic mass is 35.5. The van der Waals surface area contributed by atoms with Crippen molar-refractivity contribution in [1.29, 1.82) is 0 Å². The molecule has 1 rings (SSSR count). The predicted molar refractivity (Wildman–Crippen MR) is 88.8 cm³/mol. The summed E-state index contributed by atoms with van der Waals surface area (Å²) in [7, 11) is 0. The van der Waals surface area contributed by atoms with E-state index in [1.807, 2.05) is 0 Å². The molecule has 0 saturated heterocycles. The third-order valence-electron chi connectivity index (χ3n) is 2.73. The first-order chi connectivity index (χ1) is 11.7. The van der Waals surface area contributed by atoms with Crippen LogP contribution in [0.5, 0.6) is 5.75 Å². The number of hydrogen-bond acceptors (Lipinski definition) is 6. The summed E-state index contributed by atoms with van der Waals surface area (Å²) in [6, 6.07) is 4.31. The summed E-state index contributed by atoms with van der Waals surface area (Å²) in [5, 5.41) is 11.9. The molecule has 2 N–H and O–H groups in total. The van der Waals surface area contributed by atoms with E-state index >= 15 is 0 Å². The van der Waals surface area contributed by atoms with Crippen LogP contribution in [0.1, 0.15) is 20.3 Å². The van der Waals surface area contributed by atoms with Crippen LogP contribution >= 0.6 is 23.2 Å². The average molecular weight is 394 g/mol. The van der Waals surface area contributed by atoms with Gasteiger partial charge in [0, 0.05) is 24.4 Å². The van der Waals surface area contributed by atoms with Crippen LogP contribution in [0.4, 0.5) is 4.79 Å². The molecule has 0 aromatic heterocycles. The Balaban J connectivity index is 2.58. The van der Waals surface area contributed by atoms with E-state index in [0.717, 1.165) is 0 Å². The van der Waals surface area contributed by atoms with Crippen LogP contribution in [-0.2, 0) is 19.1 Å². The van der Waals surface area contributed by atoms with Crippen molar-refractivity contribution in [3.63, 3.8) is 0 Å². The first-order valence-corrected chi connectivity index (χ1v) is 7.97. The van der Waals surface area contributed by atoms with Gasteiger partial charge in [-0.1, -0.05) is 30.1 Å². The summed E-state index contributed by atoms with van der Waals surface area (Å²) in [5.74, 6) is -1.81. The number of nitrogens with one attached hydrogen (secondary N) is 1. The Hall–Kier alpha value is -2.19. The van der Waals surface area contributed by atoms with Crippen molar-refractivity contribution in [1.82, 2.24) is 5.32 Å². The van der Waals surface area contributed by atoms with Gasteiger partial charge in [0.25, 0.3) is 0 Å². The van der Waals surface area contributed by atoms with Gasteiger partial charge in [-0.25, -0.2) is 9.59 Å². The lowest BCUT2D eigenvalue weighted by Crippen LogP contribution is -2.41. The van der Waals surface area contributed by atoms with E-state index < -0.39 is 37.0 Å². The van der Waals surface area contributed by atoms with E-state index in [1.165, 1.54) is 25.1 Å². The molecular formula is C15H17Cl2NO7. The highest BCUT2D eigenvalue weighted by Crippen LogP contribution is 2.28. The highest BCUT2D eigenvalue weighted by Gasteiger charge is 2.23. The summed E-state index contributed by atoms with van der Waals surface area (Å²) >= 11 is 11.7. The lowest BCUT2D eigenvalue weighted by atomic mass is 10.3. The number of ether oxygens (including phenoxy) is 3. The summed E-state index contributed by atoms with van der Waals surface area (Å²) in [6.45, 7) is 2.53. The zero-order chi connectivity index (χ0) is 19.0. The second-order valence-electron chi connectivity index (χ2n) is 4.72. The highest BCUT2D eigenvalue weighted by molar-refractivity contribution is 6.34. The van der Waals surface area contributed by atoms with Gasteiger partial charge in [0.1, 0.15) is 5.75 Å². The quantitative estimate of drug-likeness (QED) is 0.515. The van der Waals surface area contributed by atoms with E-state index in [4.69, 9.17) is 37.4 Å². The summed E-state index contributed by atoms with van der Waals surface area (Å²) in [6.07, 6.45) is -3.38. The Morgan fingerprint density at radius 3 is 2.52 bits per heavy atom. The fourth-order valence-corrected chi connectivity index (χ4v) is 1.89. The molecule has 1 amide bonds. The number of esters is 1. The fraction of sp³-hybridized carbons (Fsp3) is 0.400. The summed E-state index contributed by atoms with van der Waals surface area (Å²) in [5.41, 5.74) is 0. The smallest absolute Gasteiger partial charge is 0.410 e. The molecule has 0 radical (unpaired) electrons. The van der Waals surface area contributed by atoms with Gasteiger partial charge in [-0.3, -0.25) is 4.79 Å². The molecule has 0 saturated carbocycles. The second kappa shape index (κ2) is 9.95. The number of halogens is 2. The lowest BCUT2D eigenvalue weighted by Gasteiger charge is -2.18. The average Bonchev–Trinajstić information content (AvgIpc) is 2.53. The number of alkyl carbamates (subject to hydrolysis) is 1. The topological polar surface area (TPSA) is 111 Å². The van der Waals surface area contributed by atoms with Gasteiger partial charge in [-0.15, -0.1) is 0 Å². The lowest BCUT2D eigenvalue weighted by molar-refractivity contribution is -0.164. The standard InChI is InChI=1S/C15H17Cl2NO7/c1-3-13(19)23-8(2)24-15(22)18-7-12(14(20)21)25-11-6-9(16)4-5-10(11)17/h4-6,8,12H,3,7H2,1-2H3,(H,18,22)(H,20,21)/t8-,12-/m0/s1. The summed E-state index contributed by atoms with van der Waals surface area (Å²) in [4.78, 5) is 33.9. The van der Waals surface area contributed by atoms with Crippen LogP contribution in [0.3, 0.4) is 0 Å². The van der Waals surface area contributed by atoms with Gasteiger partial charge >= 0.3 is 18.0 Å². The molecule has 0 spiro atoms. The third-order valence-corrected chi connectivity index (χ3v) is 3.28. The molecular weight excluding hydrogens is 377 g/mol. The van der Waals surface area contributed by atoms with E-state index in [1.54, 1.807) is 6.92 Å². The Morgan fingerprint density at radius 2 is 1.92 bits per heavy atom. The van der Waals surface area contributed by atoms with Gasteiger partial charge < -0.3 is 24.6 Å². The van der Waals surface area contributed by atoms with Gasteiger partial charge in [-0.05, 0) is 12.1 Å². The molecule has 0 fully saturated rings. The van der Waals surface area contributed by atoms with Crippen molar-refractivity contribution >= 4 is 41.2 Å². The number of amides is 1. The predicted octanol–water partition coefficient (Wildman–Crippen LogP) is 2.85. The van der Waals surface area contributed by atoms with Crippen molar-refractivity contribution in [3.05, 3.63) is 28.2 Å². The zero-order valence-corrected chi connectivity index (χ0v) is 15.0. The van der Waals surface area contributed by atoms with Gasteiger partial charge in [0.05, 0.1) is 11.6 Å². The van der Waals surface area contributed by atoms with Crippen LogP contribution < -0.4 is 10.1 Å². The van der Waals surface area contributed by atoms with E-state index in [0.29, 0.717) is 5.02 Å². The SMILES string of the molecule is CCC(=O)O[C@H](C)OC(=O)NC[C@H](Oc1cc(Cl)ccc1Cl)C(=O)O. The minimum Gasteiger partial charge on any atom is -0.478 e. The Morgan fingerprint density at radius 1 is 1.24 bits per heavy atom. The molecule has 2 atom stereocenters. The molecule has 0 unspecified atom stereocenters. The largest absolute Gasteiger partial charge is 0.478 e. The Kier molecular flexibility index (Phi) is 8.30. The number of carbonyl (C=O) groups is 3. The molecule has 138 valence electrons. The number of benzene rings is 1. The monoisotopic (exact) mass is 393 g/mol. The number of carboxylic acid groups (broad SMARTS) is 1. The maximum absolute atomic E-state index is 11.6. The van der Waals surface area contributed by atoms with Gasteiger partial charge in [0.15, 0.2) is 0 Å². The van der Waals surface area contributed by atoms with E-state index in [9.17, 15) is 19.5 Å². The Labute approximate surface area is 153 Å². The fourth-order valence-electron chi connectivity index (χ4n) is 1.56. The molecule has 0 aliphatic carbocycles. The van der Waals surface area contributed by atoms with Gasteiger partial charge in [0.2, 0.25) is 12.4 Å². The molecule has 0 heterocycles. The Bertz CT molecular complexity index is 638. The van der Waals surface area contributed by atoms with Crippen molar-refractivity contribution in [3.8, 4) is 5.75 Å². The van der Waals surface area contributed by atoms with E-state index in [2.05, 4.69) is 5.32 Å². The number of carbonyl (C=O) groups excluding carboxylic acids is 2. The van der Waals surface area contributed by atoms with Crippen molar-refractivity contribution in [2.45, 2.75) is 32.7 Å². The minimum atomic E-state index is -1.43. The number of carboxylic acids is 1. The van der Waals surface area contributed by atoms with Crippen LogP contribution in [0.25, 0.3) is 0 Å². The molecule has 10 heteroatoms. The molecule has 0 aliphatic rings. The number of rotatable bonds is 8. The molecule has 1 aromatic carbocycles. The zero-order valence-electron chi connectivity index (χ0n) is 13.5. The maximum atomic E-state index is 11.6. The normalized spacial score (nSPS) is 12.6. The molecule has 1 aromatic rings. The third kappa shape index (κ3) is 7.49. The second-order valence-corrected chi connectivity index (χ2v) is 5.56. The maximum Gasteiger partial charge on any atom is 0.410 e. The molecule has 0 aliphatic heterocycles. The first kappa shape index (κ1) is 20.9. The van der Waals surface area contributed by atoms with Crippen molar-refractivity contribution in [2.75, 3.05) is 6.54 Å². The summed E-state index contributed by atoms with van der Waals surface area (Å²) < 4.78 is 14.8. The van der Waals surface area contributed by atoms with Crippen LogP contribution in [-0.4, -0.2) is 42.1 Å². The van der Waals surface area contributed by atoms with Crippen LogP contribution in [0.15, 0.2) is 18.2 Å².